The Bertz CT molecular complexity index is 1250. The predicted molar refractivity (Wildman–Crippen MR) is 132 cm³/mol. The number of benzene rings is 3. The molecule has 0 atom stereocenters. The zero-order valence-electron chi connectivity index (χ0n) is 19.8. The number of hydrogen-bond acceptors (Lipinski definition) is 7. The first-order chi connectivity index (χ1) is 17.0. The minimum Gasteiger partial charge on any atom is -0.493 e. The van der Waals surface area contributed by atoms with Gasteiger partial charge in [-0.05, 0) is 61.4 Å². The third kappa shape index (κ3) is 4.68. The first-order valence-corrected chi connectivity index (χ1v) is 11.2. The van der Waals surface area contributed by atoms with Crippen molar-refractivity contribution in [2.75, 3.05) is 37.6 Å². The molecule has 35 heavy (non-hydrogen) atoms. The average molecular weight is 475 g/mol. The van der Waals surface area contributed by atoms with Crippen LogP contribution in [-0.2, 0) is 11.2 Å². The summed E-state index contributed by atoms with van der Waals surface area (Å²) < 4.78 is 15.8. The third-order valence-electron chi connectivity index (χ3n) is 5.72. The van der Waals surface area contributed by atoms with E-state index in [0.717, 1.165) is 10.5 Å². The monoisotopic (exact) mass is 474 g/mol. The van der Waals surface area contributed by atoms with Crippen LogP contribution in [0.1, 0.15) is 43.6 Å². The van der Waals surface area contributed by atoms with Crippen LogP contribution in [0.3, 0.4) is 0 Å². The molecule has 2 amide bonds. The lowest BCUT2D eigenvalue weighted by Gasteiger charge is -2.20. The second-order valence-electron chi connectivity index (χ2n) is 7.81. The molecular weight excluding hydrogens is 448 g/mol. The molecule has 0 spiro atoms. The summed E-state index contributed by atoms with van der Waals surface area (Å²) in [4.78, 5) is 39.7. The van der Waals surface area contributed by atoms with Crippen molar-refractivity contribution in [2.45, 2.75) is 13.3 Å². The van der Waals surface area contributed by atoms with Crippen molar-refractivity contribution in [3.05, 3.63) is 82.9 Å². The first-order valence-electron chi connectivity index (χ1n) is 11.2. The molecule has 180 valence electrons. The first kappa shape index (κ1) is 23.8. The van der Waals surface area contributed by atoms with Crippen molar-refractivity contribution in [3.8, 4) is 11.5 Å². The van der Waals surface area contributed by atoms with Crippen LogP contribution in [0.25, 0.3) is 0 Å². The summed E-state index contributed by atoms with van der Waals surface area (Å²) in [6.45, 7) is 2.43. The molecule has 8 heteroatoms. The maximum absolute atomic E-state index is 13.1. The number of esters is 1. The smallest absolute Gasteiger partial charge is 0.338 e. The van der Waals surface area contributed by atoms with Gasteiger partial charge in [0.05, 0.1) is 48.9 Å². The van der Waals surface area contributed by atoms with Gasteiger partial charge in [0, 0.05) is 6.54 Å². The molecule has 0 fully saturated rings. The molecule has 0 unspecified atom stereocenters. The van der Waals surface area contributed by atoms with E-state index in [1.54, 1.807) is 57.5 Å². The van der Waals surface area contributed by atoms with Crippen LogP contribution < -0.4 is 19.7 Å². The van der Waals surface area contributed by atoms with Crippen molar-refractivity contribution < 1.29 is 28.6 Å². The lowest BCUT2D eigenvalue weighted by atomic mass is 10.1. The molecule has 1 aliphatic heterocycles. The normalized spacial score (nSPS) is 12.4. The van der Waals surface area contributed by atoms with Crippen LogP contribution in [-0.4, -0.2) is 45.2 Å². The van der Waals surface area contributed by atoms with Crippen LogP contribution in [0.4, 0.5) is 11.4 Å². The molecule has 0 radical (unpaired) electrons. The summed E-state index contributed by atoms with van der Waals surface area (Å²) in [7, 11) is 3.17. The fourth-order valence-electron chi connectivity index (χ4n) is 3.99. The number of imide groups is 1. The molecule has 1 heterocycles. The predicted octanol–water partition coefficient (Wildman–Crippen LogP) is 4.34. The van der Waals surface area contributed by atoms with Gasteiger partial charge in [-0.25, -0.2) is 9.69 Å². The van der Waals surface area contributed by atoms with E-state index in [2.05, 4.69) is 5.32 Å². The highest BCUT2D eigenvalue weighted by atomic mass is 16.5. The van der Waals surface area contributed by atoms with Gasteiger partial charge in [-0.3, -0.25) is 9.59 Å². The Morgan fingerprint density at radius 1 is 0.886 bits per heavy atom. The van der Waals surface area contributed by atoms with E-state index in [1.165, 1.54) is 6.07 Å². The Balaban J connectivity index is 1.62. The lowest BCUT2D eigenvalue weighted by molar-refractivity contribution is 0.0525. The third-order valence-corrected chi connectivity index (χ3v) is 5.72. The number of rotatable bonds is 9. The van der Waals surface area contributed by atoms with Crippen LogP contribution in [0.2, 0.25) is 0 Å². The van der Waals surface area contributed by atoms with Crippen molar-refractivity contribution in [1.29, 1.82) is 0 Å². The molecular formula is C27H26N2O6. The standard InChI is InChI=1S/C27H26N2O6/c1-4-35-27(32)18-10-11-21(28-14-13-17-9-12-23(33-2)24(15-17)34-3)22(16-18)29-25(30)19-7-5-6-8-20(19)26(29)31/h5-12,15-16,28H,4,13-14H2,1-3H3. The molecule has 0 saturated heterocycles. The topological polar surface area (TPSA) is 94.2 Å². The van der Waals surface area contributed by atoms with Crippen molar-refractivity contribution >= 4 is 29.2 Å². The number of anilines is 2. The summed E-state index contributed by atoms with van der Waals surface area (Å²) >= 11 is 0. The lowest BCUT2D eigenvalue weighted by Crippen LogP contribution is -2.30. The van der Waals surface area contributed by atoms with E-state index in [0.29, 0.717) is 47.0 Å². The SMILES string of the molecule is CCOC(=O)c1ccc(NCCc2ccc(OC)c(OC)c2)c(N2C(=O)c3ccccc3C2=O)c1. The zero-order chi connectivity index (χ0) is 24.9. The van der Waals surface area contributed by atoms with Gasteiger partial charge in [-0.1, -0.05) is 18.2 Å². The summed E-state index contributed by atoms with van der Waals surface area (Å²) in [5.41, 5.74) is 2.78. The van der Waals surface area contributed by atoms with Gasteiger partial charge in [-0.15, -0.1) is 0 Å². The van der Waals surface area contributed by atoms with Crippen molar-refractivity contribution in [3.63, 3.8) is 0 Å². The number of nitrogens with zero attached hydrogens (tertiary/aromatic N) is 1. The molecule has 0 aromatic heterocycles. The molecule has 0 bridgehead atoms. The van der Waals surface area contributed by atoms with Crippen molar-refractivity contribution in [2.24, 2.45) is 0 Å². The Morgan fingerprint density at radius 2 is 1.57 bits per heavy atom. The maximum Gasteiger partial charge on any atom is 0.338 e. The number of amides is 2. The maximum atomic E-state index is 13.1. The molecule has 3 aromatic carbocycles. The van der Waals surface area contributed by atoms with Gasteiger partial charge >= 0.3 is 5.97 Å². The van der Waals surface area contributed by atoms with Crippen LogP contribution in [0.15, 0.2) is 60.7 Å². The highest BCUT2D eigenvalue weighted by molar-refractivity contribution is 6.35. The molecule has 0 aliphatic carbocycles. The summed E-state index contributed by atoms with van der Waals surface area (Å²) in [6.07, 6.45) is 0.640. The van der Waals surface area contributed by atoms with E-state index in [-0.39, 0.29) is 12.2 Å². The van der Waals surface area contributed by atoms with Crippen LogP contribution >= 0.6 is 0 Å². The van der Waals surface area contributed by atoms with E-state index < -0.39 is 17.8 Å². The summed E-state index contributed by atoms with van der Waals surface area (Å²) in [6, 6.07) is 17.1. The Labute approximate surface area is 203 Å². The van der Waals surface area contributed by atoms with Crippen LogP contribution in [0.5, 0.6) is 11.5 Å². The van der Waals surface area contributed by atoms with Gasteiger partial charge in [0.1, 0.15) is 0 Å². The number of methoxy groups -OCH3 is 2. The summed E-state index contributed by atoms with van der Waals surface area (Å²) in [5, 5.41) is 3.30. The molecule has 4 rings (SSSR count). The second kappa shape index (κ2) is 10.3. The molecule has 3 aromatic rings. The van der Waals surface area contributed by atoms with Gasteiger partial charge in [0.25, 0.3) is 11.8 Å². The second-order valence-corrected chi connectivity index (χ2v) is 7.81. The molecule has 1 aliphatic rings. The van der Waals surface area contributed by atoms with Gasteiger partial charge in [-0.2, -0.15) is 0 Å². The van der Waals surface area contributed by atoms with Crippen LogP contribution in [0, 0.1) is 0 Å². The van der Waals surface area contributed by atoms with E-state index >= 15 is 0 Å². The quantitative estimate of drug-likeness (QED) is 0.364. The number of nitrogens with one attached hydrogen (secondary N) is 1. The largest absolute Gasteiger partial charge is 0.493 e. The van der Waals surface area contributed by atoms with Gasteiger partial charge in [0.15, 0.2) is 11.5 Å². The number of hydrogen-bond donors (Lipinski definition) is 1. The number of carbonyl (C=O) groups is 3. The zero-order valence-corrected chi connectivity index (χ0v) is 19.8. The number of carbonyl (C=O) groups excluding carboxylic acids is 3. The minimum atomic E-state index is -0.526. The Kier molecular flexibility index (Phi) is 7.01. The van der Waals surface area contributed by atoms with Crippen molar-refractivity contribution in [1.82, 2.24) is 0 Å². The Morgan fingerprint density at radius 3 is 2.20 bits per heavy atom. The fraction of sp³-hybridized carbons (Fsp3) is 0.222. The minimum absolute atomic E-state index is 0.215. The summed E-state index contributed by atoms with van der Waals surface area (Å²) in [5.74, 6) is -0.117. The molecule has 8 nitrogen and oxygen atoms in total. The molecule has 1 N–H and O–H groups in total. The van der Waals surface area contributed by atoms with E-state index in [1.807, 2.05) is 18.2 Å². The van der Waals surface area contributed by atoms with E-state index in [4.69, 9.17) is 14.2 Å². The number of fused-ring (bicyclic) bond motifs is 1. The highest BCUT2D eigenvalue weighted by Crippen LogP contribution is 2.35. The van der Waals surface area contributed by atoms with E-state index in [9.17, 15) is 14.4 Å². The number of ether oxygens (including phenoxy) is 3. The van der Waals surface area contributed by atoms with Gasteiger partial charge in [0.2, 0.25) is 0 Å². The average Bonchev–Trinajstić information content (AvgIpc) is 3.14. The van der Waals surface area contributed by atoms with Gasteiger partial charge < -0.3 is 19.5 Å². The molecule has 0 saturated carbocycles. The fourth-order valence-corrected chi connectivity index (χ4v) is 3.99. The highest BCUT2D eigenvalue weighted by Gasteiger charge is 2.37. The Hall–Kier alpha value is -4.33.